The Morgan fingerprint density at radius 1 is 1.14 bits per heavy atom. The summed E-state index contributed by atoms with van der Waals surface area (Å²) < 4.78 is 14.2. The molecule has 0 aromatic carbocycles. The van der Waals surface area contributed by atoms with E-state index in [0.29, 0.717) is 34.4 Å². The molecule has 1 atom stereocenters. The zero-order valence-electron chi connectivity index (χ0n) is 15.6. The van der Waals surface area contributed by atoms with Gasteiger partial charge in [-0.3, -0.25) is 9.67 Å². The van der Waals surface area contributed by atoms with Gasteiger partial charge in [-0.2, -0.15) is 10.1 Å². The van der Waals surface area contributed by atoms with Crippen molar-refractivity contribution >= 4 is 17.2 Å². The molecule has 0 saturated carbocycles. The van der Waals surface area contributed by atoms with Crippen LogP contribution in [-0.2, 0) is 11.8 Å². The second kappa shape index (κ2) is 7.53. The van der Waals surface area contributed by atoms with E-state index >= 15 is 0 Å². The molecule has 4 heterocycles. The molecule has 4 rings (SSSR count). The van der Waals surface area contributed by atoms with Crippen LogP contribution in [0.2, 0.25) is 5.02 Å². The predicted octanol–water partition coefficient (Wildman–Crippen LogP) is 2.65. The molecule has 144 valence electrons. The number of aryl methyl sites for hydroxylation is 1. The van der Waals surface area contributed by atoms with Crippen LogP contribution in [0.5, 0.6) is 6.01 Å². The predicted molar refractivity (Wildman–Crippen MR) is 103 cm³/mol. The molecule has 0 bridgehead atoms. The number of fused-ring (bicyclic) bond motifs is 1. The maximum atomic E-state index is 5.95. The molecule has 9 nitrogen and oxygen atoms in total. The highest BCUT2D eigenvalue weighted by Crippen LogP contribution is 2.26. The van der Waals surface area contributed by atoms with Crippen LogP contribution in [0.25, 0.3) is 28.3 Å². The van der Waals surface area contributed by atoms with Crippen molar-refractivity contribution in [3.8, 4) is 28.7 Å². The topological polar surface area (TPSA) is 92.2 Å². The van der Waals surface area contributed by atoms with Gasteiger partial charge in [0.15, 0.2) is 5.65 Å². The van der Waals surface area contributed by atoms with E-state index in [0.717, 1.165) is 5.56 Å². The Bertz CT molecular complexity index is 1110. The van der Waals surface area contributed by atoms with Crippen LogP contribution in [-0.4, -0.2) is 54.2 Å². The highest BCUT2D eigenvalue weighted by Gasteiger charge is 2.18. The van der Waals surface area contributed by atoms with Crippen molar-refractivity contribution in [2.24, 2.45) is 7.05 Å². The van der Waals surface area contributed by atoms with E-state index < -0.39 is 0 Å². The smallest absolute Gasteiger partial charge is 0.336 e. The van der Waals surface area contributed by atoms with Crippen molar-refractivity contribution in [3.63, 3.8) is 0 Å². The van der Waals surface area contributed by atoms with E-state index in [1.54, 1.807) is 47.0 Å². The summed E-state index contributed by atoms with van der Waals surface area (Å²) in [7, 11) is 3.46. The molecular formula is C18H18ClN7O2. The van der Waals surface area contributed by atoms with E-state index in [1.165, 1.54) is 0 Å². The van der Waals surface area contributed by atoms with Crippen LogP contribution in [0.3, 0.4) is 0 Å². The molecule has 0 aliphatic rings. The Labute approximate surface area is 165 Å². The van der Waals surface area contributed by atoms with Gasteiger partial charge < -0.3 is 9.47 Å². The lowest BCUT2D eigenvalue weighted by Crippen LogP contribution is -2.18. The Morgan fingerprint density at radius 3 is 2.68 bits per heavy atom. The van der Waals surface area contributed by atoms with Crippen LogP contribution in [0.4, 0.5) is 0 Å². The summed E-state index contributed by atoms with van der Waals surface area (Å²) in [5.74, 6) is 0. The lowest BCUT2D eigenvalue weighted by Gasteiger charge is -2.08. The van der Waals surface area contributed by atoms with Crippen LogP contribution in [0.1, 0.15) is 6.92 Å². The molecule has 0 radical (unpaired) electrons. The molecule has 10 heteroatoms. The van der Waals surface area contributed by atoms with Crippen molar-refractivity contribution in [1.82, 2.24) is 34.3 Å². The summed E-state index contributed by atoms with van der Waals surface area (Å²) in [5, 5.41) is 9.23. The third-order valence-electron chi connectivity index (χ3n) is 3.98. The molecule has 0 spiro atoms. The SMILES string of the molecule is COC[C@H](C)Oc1nc2c(-c3cnn(C)c3)nc(-c3ccc(Cl)cn3)cn2n1. The monoisotopic (exact) mass is 399 g/mol. The van der Waals surface area contributed by atoms with E-state index in [1.807, 2.05) is 20.2 Å². The van der Waals surface area contributed by atoms with Crippen molar-refractivity contribution in [1.29, 1.82) is 0 Å². The molecule has 0 aliphatic carbocycles. The summed E-state index contributed by atoms with van der Waals surface area (Å²) in [6.45, 7) is 2.32. The molecule has 4 aromatic heterocycles. The summed E-state index contributed by atoms with van der Waals surface area (Å²) in [4.78, 5) is 13.6. The van der Waals surface area contributed by atoms with Gasteiger partial charge in [-0.25, -0.2) is 9.50 Å². The maximum Gasteiger partial charge on any atom is 0.336 e. The second-order valence-corrected chi connectivity index (χ2v) is 6.72. The fraction of sp³-hybridized carbons (Fsp3) is 0.278. The molecule has 4 aromatic rings. The van der Waals surface area contributed by atoms with Gasteiger partial charge in [-0.15, -0.1) is 5.10 Å². The van der Waals surface area contributed by atoms with Gasteiger partial charge >= 0.3 is 6.01 Å². The summed E-state index contributed by atoms with van der Waals surface area (Å²) in [6, 6.07) is 3.82. The minimum absolute atomic E-state index is 0.186. The Morgan fingerprint density at radius 2 is 2.00 bits per heavy atom. The van der Waals surface area contributed by atoms with E-state index in [-0.39, 0.29) is 12.1 Å². The zero-order chi connectivity index (χ0) is 19.7. The van der Waals surface area contributed by atoms with Gasteiger partial charge in [0.1, 0.15) is 17.5 Å². The second-order valence-electron chi connectivity index (χ2n) is 6.29. The van der Waals surface area contributed by atoms with Gasteiger partial charge in [0.05, 0.1) is 29.7 Å². The van der Waals surface area contributed by atoms with Crippen LogP contribution < -0.4 is 4.74 Å². The normalized spacial score (nSPS) is 12.4. The Balaban J connectivity index is 1.84. The summed E-state index contributed by atoms with van der Waals surface area (Å²) in [6.07, 6.45) is 6.74. The average Bonchev–Trinajstić information content (AvgIpc) is 3.27. The quantitative estimate of drug-likeness (QED) is 0.492. The fourth-order valence-corrected chi connectivity index (χ4v) is 2.87. The molecular weight excluding hydrogens is 382 g/mol. The van der Waals surface area contributed by atoms with E-state index in [2.05, 4.69) is 20.2 Å². The third-order valence-corrected chi connectivity index (χ3v) is 4.20. The first-order valence-corrected chi connectivity index (χ1v) is 8.95. The maximum absolute atomic E-state index is 5.95. The summed E-state index contributed by atoms with van der Waals surface area (Å²) in [5.41, 5.74) is 3.30. The number of methoxy groups -OCH3 is 1. The highest BCUT2D eigenvalue weighted by molar-refractivity contribution is 6.30. The van der Waals surface area contributed by atoms with Gasteiger partial charge in [0, 0.05) is 32.1 Å². The molecule has 0 saturated heterocycles. The Hall–Kier alpha value is -3.04. The first-order valence-electron chi connectivity index (χ1n) is 8.57. The zero-order valence-corrected chi connectivity index (χ0v) is 16.3. The van der Waals surface area contributed by atoms with Crippen molar-refractivity contribution < 1.29 is 9.47 Å². The molecule has 28 heavy (non-hydrogen) atoms. The lowest BCUT2D eigenvalue weighted by atomic mass is 10.2. The number of hydrogen-bond donors (Lipinski definition) is 0. The average molecular weight is 400 g/mol. The third kappa shape index (κ3) is 3.67. The molecule has 0 amide bonds. The van der Waals surface area contributed by atoms with Gasteiger partial charge in [0.2, 0.25) is 0 Å². The van der Waals surface area contributed by atoms with Gasteiger partial charge in [0.25, 0.3) is 0 Å². The number of nitrogens with zero attached hydrogens (tertiary/aromatic N) is 7. The Kier molecular flexibility index (Phi) is 4.93. The number of aromatic nitrogens is 7. The number of pyridine rings is 1. The minimum atomic E-state index is -0.186. The van der Waals surface area contributed by atoms with Crippen LogP contribution in [0.15, 0.2) is 36.9 Å². The van der Waals surface area contributed by atoms with Crippen molar-refractivity contribution in [2.45, 2.75) is 13.0 Å². The number of ether oxygens (including phenoxy) is 2. The largest absolute Gasteiger partial charge is 0.457 e. The minimum Gasteiger partial charge on any atom is -0.457 e. The molecule has 0 N–H and O–H groups in total. The van der Waals surface area contributed by atoms with E-state index in [4.69, 9.17) is 26.1 Å². The number of rotatable bonds is 6. The summed E-state index contributed by atoms with van der Waals surface area (Å²) >= 11 is 5.95. The standard InChI is InChI=1S/C18H18ClN7O2/c1-11(10-27-3)28-18-23-17-16(12-6-21-25(2)8-12)22-15(9-26(17)24-18)14-5-4-13(19)7-20-14/h4-9,11H,10H2,1-3H3/t11-/m0/s1. The fourth-order valence-electron chi connectivity index (χ4n) is 2.76. The van der Waals surface area contributed by atoms with Crippen LogP contribution >= 0.6 is 11.6 Å². The number of halogens is 1. The van der Waals surface area contributed by atoms with Crippen molar-refractivity contribution in [3.05, 3.63) is 41.9 Å². The van der Waals surface area contributed by atoms with Gasteiger partial charge in [-0.05, 0) is 19.1 Å². The van der Waals surface area contributed by atoms with E-state index in [9.17, 15) is 0 Å². The first-order chi connectivity index (χ1) is 13.5. The molecule has 0 unspecified atom stereocenters. The van der Waals surface area contributed by atoms with Crippen LogP contribution in [0, 0.1) is 0 Å². The van der Waals surface area contributed by atoms with Gasteiger partial charge in [-0.1, -0.05) is 11.6 Å². The highest BCUT2D eigenvalue weighted by atomic mass is 35.5. The number of hydrogen-bond acceptors (Lipinski definition) is 7. The van der Waals surface area contributed by atoms with Crippen molar-refractivity contribution in [2.75, 3.05) is 13.7 Å². The first kappa shape index (κ1) is 18.3. The molecule has 0 fully saturated rings. The lowest BCUT2D eigenvalue weighted by molar-refractivity contribution is 0.0857. The molecule has 0 aliphatic heterocycles.